The molecular formula is C17H23F2N3O. The summed E-state index contributed by atoms with van der Waals surface area (Å²) in [6.45, 7) is 4.11. The fourth-order valence-electron chi connectivity index (χ4n) is 3.48. The van der Waals surface area contributed by atoms with Gasteiger partial charge in [-0.3, -0.25) is 4.90 Å². The van der Waals surface area contributed by atoms with Gasteiger partial charge in [-0.2, -0.15) is 0 Å². The van der Waals surface area contributed by atoms with E-state index >= 15 is 0 Å². The van der Waals surface area contributed by atoms with Crippen molar-refractivity contribution in [3.63, 3.8) is 0 Å². The summed E-state index contributed by atoms with van der Waals surface area (Å²) in [6, 6.07) is 3.77. The number of halogens is 2. The van der Waals surface area contributed by atoms with Gasteiger partial charge in [-0.15, -0.1) is 0 Å². The molecule has 0 unspecified atom stereocenters. The largest absolute Gasteiger partial charge is 0.338 e. The Morgan fingerprint density at radius 2 is 2.00 bits per heavy atom. The van der Waals surface area contributed by atoms with Gasteiger partial charge in [0.05, 0.1) is 0 Å². The van der Waals surface area contributed by atoms with Gasteiger partial charge in [0, 0.05) is 25.7 Å². The standard InChI is InChI=1S/C17H23F2N3O/c18-14-3-4-16(19)13(11-14)5-7-20-17(23)22-10-6-15(12-22)21-8-1-2-9-21/h3-4,11,15H,1-2,5-10,12H2,(H,20,23)/t15-/m0/s1. The van der Waals surface area contributed by atoms with E-state index in [2.05, 4.69) is 10.2 Å². The second-order valence-electron chi connectivity index (χ2n) is 6.35. The van der Waals surface area contributed by atoms with Crippen LogP contribution in [0.1, 0.15) is 24.8 Å². The fraction of sp³-hybridized carbons (Fsp3) is 0.588. The predicted molar refractivity (Wildman–Crippen MR) is 84.2 cm³/mol. The predicted octanol–water partition coefficient (Wildman–Crippen LogP) is 2.39. The first-order valence-electron chi connectivity index (χ1n) is 8.34. The Labute approximate surface area is 135 Å². The zero-order chi connectivity index (χ0) is 16.2. The summed E-state index contributed by atoms with van der Waals surface area (Å²) in [5, 5.41) is 2.81. The Hall–Kier alpha value is -1.69. The molecular weight excluding hydrogens is 300 g/mol. The topological polar surface area (TPSA) is 35.6 Å². The van der Waals surface area contributed by atoms with Crippen molar-refractivity contribution in [1.29, 1.82) is 0 Å². The van der Waals surface area contributed by atoms with Gasteiger partial charge >= 0.3 is 6.03 Å². The van der Waals surface area contributed by atoms with Crippen LogP contribution < -0.4 is 5.32 Å². The molecule has 0 bridgehead atoms. The number of hydrogen-bond acceptors (Lipinski definition) is 2. The van der Waals surface area contributed by atoms with Gasteiger partial charge in [0.2, 0.25) is 0 Å². The summed E-state index contributed by atoms with van der Waals surface area (Å²) in [5.74, 6) is -0.892. The number of amides is 2. The minimum absolute atomic E-state index is 0.108. The zero-order valence-corrected chi connectivity index (χ0v) is 13.2. The summed E-state index contributed by atoms with van der Waals surface area (Å²) in [5.41, 5.74) is 0.293. The van der Waals surface area contributed by atoms with Crippen LogP contribution in [0.15, 0.2) is 18.2 Å². The Morgan fingerprint density at radius 3 is 2.78 bits per heavy atom. The first-order chi connectivity index (χ1) is 11.1. The summed E-state index contributed by atoms with van der Waals surface area (Å²) in [7, 11) is 0. The highest BCUT2D eigenvalue weighted by molar-refractivity contribution is 5.74. The molecule has 2 saturated heterocycles. The van der Waals surface area contributed by atoms with Crippen molar-refractivity contribution in [2.45, 2.75) is 31.7 Å². The lowest BCUT2D eigenvalue weighted by Gasteiger charge is -2.23. The van der Waals surface area contributed by atoms with Crippen molar-refractivity contribution in [2.24, 2.45) is 0 Å². The van der Waals surface area contributed by atoms with Crippen LogP contribution in [-0.4, -0.2) is 54.6 Å². The lowest BCUT2D eigenvalue weighted by Crippen LogP contribution is -2.42. The number of likely N-dealkylation sites (tertiary alicyclic amines) is 2. The van der Waals surface area contributed by atoms with Crippen molar-refractivity contribution in [2.75, 3.05) is 32.7 Å². The van der Waals surface area contributed by atoms with Crippen LogP contribution in [0, 0.1) is 11.6 Å². The van der Waals surface area contributed by atoms with Crippen LogP contribution >= 0.6 is 0 Å². The molecule has 2 amide bonds. The number of rotatable bonds is 4. The number of carbonyl (C=O) groups is 1. The maximum Gasteiger partial charge on any atom is 0.317 e. The molecule has 4 nitrogen and oxygen atoms in total. The van der Waals surface area contributed by atoms with Gasteiger partial charge in [0.25, 0.3) is 0 Å². The number of benzene rings is 1. The lowest BCUT2D eigenvalue weighted by atomic mass is 10.1. The molecule has 1 atom stereocenters. The fourth-order valence-corrected chi connectivity index (χ4v) is 3.48. The lowest BCUT2D eigenvalue weighted by molar-refractivity contribution is 0.199. The first kappa shape index (κ1) is 16.2. The van der Waals surface area contributed by atoms with E-state index in [0.717, 1.165) is 44.7 Å². The molecule has 1 aromatic carbocycles. The van der Waals surface area contributed by atoms with Crippen molar-refractivity contribution < 1.29 is 13.6 Å². The van der Waals surface area contributed by atoms with E-state index in [1.165, 1.54) is 18.9 Å². The smallest absolute Gasteiger partial charge is 0.317 e. The normalized spacial score (nSPS) is 21.8. The highest BCUT2D eigenvalue weighted by Crippen LogP contribution is 2.20. The number of carbonyl (C=O) groups excluding carboxylic acids is 1. The molecule has 2 aliphatic heterocycles. The Bertz CT molecular complexity index is 561. The maximum absolute atomic E-state index is 13.5. The van der Waals surface area contributed by atoms with E-state index in [0.29, 0.717) is 24.6 Å². The highest BCUT2D eigenvalue weighted by Gasteiger charge is 2.31. The van der Waals surface area contributed by atoms with Crippen LogP contribution in [0.5, 0.6) is 0 Å². The van der Waals surface area contributed by atoms with E-state index in [4.69, 9.17) is 0 Å². The van der Waals surface area contributed by atoms with Gasteiger partial charge in [0.15, 0.2) is 0 Å². The summed E-state index contributed by atoms with van der Waals surface area (Å²) < 4.78 is 26.6. The van der Waals surface area contributed by atoms with E-state index in [-0.39, 0.29) is 6.03 Å². The molecule has 3 rings (SSSR count). The second-order valence-corrected chi connectivity index (χ2v) is 6.35. The second kappa shape index (κ2) is 7.25. The van der Waals surface area contributed by atoms with Crippen LogP contribution in [0.25, 0.3) is 0 Å². The van der Waals surface area contributed by atoms with E-state index < -0.39 is 11.6 Å². The van der Waals surface area contributed by atoms with Crippen molar-refractivity contribution >= 4 is 6.03 Å². The minimum Gasteiger partial charge on any atom is -0.338 e. The van der Waals surface area contributed by atoms with Crippen molar-refractivity contribution in [1.82, 2.24) is 15.1 Å². The van der Waals surface area contributed by atoms with Gasteiger partial charge in [-0.05, 0) is 62.5 Å². The molecule has 1 aromatic rings. The van der Waals surface area contributed by atoms with Crippen molar-refractivity contribution in [3.8, 4) is 0 Å². The monoisotopic (exact) mass is 323 g/mol. The molecule has 2 heterocycles. The van der Waals surface area contributed by atoms with Gasteiger partial charge in [0.1, 0.15) is 11.6 Å². The Kier molecular flexibility index (Phi) is 5.10. The van der Waals surface area contributed by atoms with Crippen LogP contribution in [0.2, 0.25) is 0 Å². The molecule has 0 spiro atoms. The summed E-state index contributed by atoms with van der Waals surface area (Å²) >= 11 is 0. The highest BCUT2D eigenvalue weighted by atomic mass is 19.1. The van der Waals surface area contributed by atoms with Crippen LogP contribution in [0.3, 0.4) is 0 Å². The molecule has 2 fully saturated rings. The van der Waals surface area contributed by atoms with Gasteiger partial charge < -0.3 is 10.2 Å². The van der Waals surface area contributed by atoms with Crippen LogP contribution in [0.4, 0.5) is 13.6 Å². The van der Waals surface area contributed by atoms with E-state index in [9.17, 15) is 13.6 Å². The van der Waals surface area contributed by atoms with Crippen LogP contribution in [-0.2, 0) is 6.42 Å². The van der Waals surface area contributed by atoms with Gasteiger partial charge in [-0.1, -0.05) is 0 Å². The minimum atomic E-state index is -0.458. The Balaban J connectivity index is 1.44. The first-order valence-corrected chi connectivity index (χ1v) is 8.34. The molecule has 2 aliphatic rings. The third kappa shape index (κ3) is 3.99. The molecule has 126 valence electrons. The maximum atomic E-state index is 13.5. The number of nitrogens with zero attached hydrogens (tertiary/aromatic N) is 2. The summed E-state index contributed by atoms with van der Waals surface area (Å²) in [4.78, 5) is 16.5. The molecule has 1 N–H and O–H groups in total. The van der Waals surface area contributed by atoms with Gasteiger partial charge in [-0.25, -0.2) is 13.6 Å². The average Bonchev–Trinajstić information content (AvgIpc) is 3.20. The summed E-state index contributed by atoms with van der Waals surface area (Å²) in [6.07, 6.45) is 3.81. The zero-order valence-electron chi connectivity index (χ0n) is 13.2. The molecule has 0 saturated carbocycles. The molecule has 0 aromatic heterocycles. The number of nitrogens with one attached hydrogen (secondary N) is 1. The average molecular weight is 323 g/mol. The van der Waals surface area contributed by atoms with E-state index in [1.54, 1.807) is 0 Å². The van der Waals surface area contributed by atoms with Crippen molar-refractivity contribution in [3.05, 3.63) is 35.4 Å². The third-order valence-electron chi connectivity index (χ3n) is 4.79. The SMILES string of the molecule is O=C(NCCc1cc(F)ccc1F)N1CC[C@H](N2CCCC2)C1. The number of urea groups is 1. The molecule has 23 heavy (non-hydrogen) atoms. The Morgan fingerprint density at radius 1 is 1.22 bits per heavy atom. The third-order valence-corrected chi connectivity index (χ3v) is 4.79. The molecule has 6 heteroatoms. The van der Waals surface area contributed by atoms with E-state index in [1.807, 2.05) is 4.90 Å². The quantitative estimate of drug-likeness (QED) is 0.923. The molecule has 0 aliphatic carbocycles. The number of hydrogen-bond donors (Lipinski definition) is 1. The molecule has 0 radical (unpaired) electrons.